The van der Waals surface area contributed by atoms with E-state index in [1.807, 2.05) is 36.4 Å². The molecule has 4 heterocycles. The Balaban J connectivity index is 1.60. The first-order valence-corrected chi connectivity index (χ1v) is 11.3. The maximum atomic E-state index is 5.80. The maximum Gasteiger partial charge on any atom is 0.0914 e. The smallest absolute Gasteiger partial charge is 0.0914 e. The van der Waals surface area contributed by atoms with Gasteiger partial charge in [-0.05, 0) is 36.4 Å². The van der Waals surface area contributed by atoms with Crippen molar-refractivity contribution in [3.8, 4) is 22.8 Å². The van der Waals surface area contributed by atoms with E-state index in [0.717, 1.165) is 28.5 Å². The van der Waals surface area contributed by atoms with Gasteiger partial charge in [-0.15, -0.1) is 0 Å². The van der Waals surface area contributed by atoms with E-state index < -0.39 is 0 Å². The lowest BCUT2D eigenvalue weighted by Gasteiger charge is -2.26. The molecule has 174 valence electrons. The number of pyridine rings is 3. The largest absolute Gasteiger partial charge is 0.377 e. The van der Waals surface area contributed by atoms with E-state index >= 15 is 0 Å². The van der Waals surface area contributed by atoms with Gasteiger partial charge in [-0.2, -0.15) is 0 Å². The molecule has 0 aromatic carbocycles. The van der Waals surface area contributed by atoms with Crippen LogP contribution in [0.2, 0.25) is 0 Å². The summed E-state index contributed by atoms with van der Waals surface area (Å²) in [5.74, 6) is 0. The summed E-state index contributed by atoms with van der Waals surface area (Å²) in [6.45, 7) is 5.96. The Hall–Kier alpha value is -2.91. The van der Waals surface area contributed by atoms with Crippen molar-refractivity contribution in [2.45, 2.75) is 0 Å². The van der Waals surface area contributed by atoms with E-state index in [2.05, 4.69) is 27.0 Å². The van der Waals surface area contributed by atoms with Gasteiger partial charge in [-0.25, -0.2) is 4.98 Å². The lowest BCUT2D eigenvalue weighted by atomic mass is 10.1. The molecule has 0 bridgehead atoms. The van der Waals surface area contributed by atoms with Crippen LogP contribution in [0.3, 0.4) is 0 Å². The summed E-state index contributed by atoms with van der Waals surface area (Å²) in [5.41, 5.74) is 4.25. The van der Waals surface area contributed by atoms with Crippen LogP contribution in [0, 0.1) is 0 Å². The molecule has 0 spiro atoms. The molecular formula is C25H30N4O4. The van der Waals surface area contributed by atoms with Crippen LogP contribution in [0.15, 0.2) is 60.9 Å². The van der Waals surface area contributed by atoms with Crippen LogP contribution in [0.5, 0.6) is 0 Å². The van der Waals surface area contributed by atoms with Gasteiger partial charge in [0.2, 0.25) is 0 Å². The summed E-state index contributed by atoms with van der Waals surface area (Å²) >= 11 is 0. The number of aromatic nitrogens is 3. The third-order valence-corrected chi connectivity index (χ3v) is 5.16. The van der Waals surface area contributed by atoms with Gasteiger partial charge in [0.05, 0.1) is 75.6 Å². The highest BCUT2D eigenvalue weighted by atomic mass is 16.6. The maximum absolute atomic E-state index is 5.80. The Labute approximate surface area is 194 Å². The second kappa shape index (κ2) is 13.0. The first-order valence-electron chi connectivity index (χ1n) is 11.3. The number of hydrogen-bond donors (Lipinski definition) is 0. The highest BCUT2D eigenvalue weighted by Crippen LogP contribution is 2.27. The number of hydrogen-bond acceptors (Lipinski definition) is 8. The molecule has 4 rings (SSSR count). The highest BCUT2D eigenvalue weighted by Gasteiger charge is 2.14. The van der Waals surface area contributed by atoms with Crippen molar-refractivity contribution < 1.29 is 18.9 Å². The van der Waals surface area contributed by atoms with Crippen LogP contribution in [0.1, 0.15) is 0 Å². The number of rotatable bonds is 3. The summed E-state index contributed by atoms with van der Waals surface area (Å²) < 4.78 is 22.7. The van der Waals surface area contributed by atoms with Crippen LogP contribution in [0.25, 0.3) is 22.8 Å². The van der Waals surface area contributed by atoms with E-state index in [0.29, 0.717) is 65.9 Å². The second-order valence-electron chi connectivity index (χ2n) is 7.46. The molecular weight excluding hydrogens is 420 g/mol. The molecule has 0 radical (unpaired) electrons. The molecule has 3 aromatic rings. The molecule has 33 heavy (non-hydrogen) atoms. The minimum absolute atomic E-state index is 0.555. The zero-order chi connectivity index (χ0) is 22.6. The Morgan fingerprint density at radius 2 is 1.00 bits per heavy atom. The lowest BCUT2D eigenvalue weighted by Crippen LogP contribution is -2.31. The molecule has 3 aromatic heterocycles. The lowest BCUT2D eigenvalue weighted by molar-refractivity contribution is 0.00206. The summed E-state index contributed by atoms with van der Waals surface area (Å²) in [6.07, 6.45) is 3.56. The SMILES string of the molecule is c1ccc(-c2cc(N3CCOCCOCCOCCOCC3)cc(-c3ccccn3)n2)nc1. The Morgan fingerprint density at radius 3 is 1.42 bits per heavy atom. The van der Waals surface area contributed by atoms with Crippen LogP contribution in [-0.2, 0) is 18.9 Å². The fourth-order valence-corrected chi connectivity index (χ4v) is 3.47. The minimum Gasteiger partial charge on any atom is -0.377 e. The number of nitrogens with zero attached hydrogens (tertiary/aromatic N) is 4. The average Bonchev–Trinajstić information content (AvgIpc) is 2.89. The average molecular weight is 451 g/mol. The molecule has 0 atom stereocenters. The third-order valence-electron chi connectivity index (χ3n) is 5.16. The van der Waals surface area contributed by atoms with Crippen LogP contribution in [0.4, 0.5) is 5.69 Å². The van der Waals surface area contributed by atoms with Gasteiger partial charge in [-0.3, -0.25) is 9.97 Å². The zero-order valence-corrected chi connectivity index (χ0v) is 18.8. The second-order valence-corrected chi connectivity index (χ2v) is 7.46. The normalized spacial score (nSPS) is 17.2. The zero-order valence-electron chi connectivity index (χ0n) is 18.8. The number of ether oxygens (including phenoxy) is 4. The summed E-state index contributed by atoms with van der Waals surface area (Å²) in [6, 6.07) is 15.8. The Bertz CT molecular complexity index is 885. The molecule has 1 aliphatic heterocycles. The van der Waals surface area contributed by atoms with Crippen molar-refractivity contribution in [3.05, 3.63) is 60.9 Å². The van der Waals surface area contributed by atoms with Crippen LogP contribution in [-0.4, -0.2) is 80.9 Å². The van der Waals surface area contributed by atoms with Crippen molar-refractivity contribution in [2.24, 2.45) is 0 Å². The van der Waals surface area contributed by atoms with Crippen molar-refractivity contribution in [3.63, 3.8) is 0 Å². The summed E-state index contributed by atoms with van der Waals surface area (Å²) in [4.78, 5) is 16.1. The Kier molecular flexibility index (Phi) is 9.13. The predicted molar refractivity (Wildman–Crippen MR) is 126 cm³/mol. The molecule has 0 aliphatic carbocycles. The van der Waals surface area contributed by atoms with Crippen molar-refractivity contribution >= 4 is 5.69 Å². The molecule has 0 amide bonds. The number of anilines is 1. The van der Waals surface area contributed by atoms with Crippen LogP contribution >= 0.6 is 0 Å². The quantitative estimate of drug-likeness (QED) is 0.602. The van der Waals surface area contributed by atoms with Crippen molar-refractivity contribution in [1.29, 1.82) is 0 Å². The van der Waals surface area contributed by atoms with Gasteiger partial charge >= 0.3 is 0 Å². The standard InChI is InChI=1S/C25H30N4O4/c1-3-7-26-22(5-1)24-19-21(20-25(28-24)23-6-2-4-8-27-23)29-9-11-30-13-15-32-17-18-33-16-14-31-12-10-29/h1-8,19-20H,9-18H2. The minimum atomic E-state index is 0.555. The molecule has 0 unspecified atom stereocenters. The topological polar surface area (TPSA) is 78.8 Å². The van der Waals surface area contributed by atoms with Gasteiger partial charge in [0, 0.05) is 31.2 Å². The fraction of sp³-hybridized carbons (Fsp3) is 0.400. The first kappa shape index (κ1) is 23.3. The monoisotopic (exact) mass is 450 g/mol. The van der Waals surface area contributed by atoms with Gasteiger partial charge in [0.25, 0.3) is 0 Å². The Morgan fingerprint density at radius 1 is 0.545 bits per heavy atom. The third kappa shape index (κ3) is 7.30. The van der Waals surface area contributed by atoms with Gasteiger partial charge in [0.1, 0.15) is 0 Å². The molecule has 1 saturated heterocycles. The predicted octanol–water partition coefficient (Wildman–Crippen LogP) is 3.09. The van der Waals surface area contributed by atoms with Gasteiger partial charge in [0.15, 0.2) is 0 Å². The molecule has 1 fully saturated rings. The first-order chi connectivity index (χ1) is 16.4. The van der Waals surface area contributed by atoms with Gasteiger partial charge in [-0.1, -0.05) is 12.1 Å². The van der Waals surface area contributed by atoms with Crippen LogP contribution < -0.4 is 4.90 Å². The van der Waals surface area contributed by atoms with E-state index in [-0.39, 0.29) is 0 Å². The summed E-state index contributed by atoms with van der Waals surface area (Å²) in [7, 11) is 0. The fourth-order valence-electron chi connectivity index (χ4n) is 3.47. The highest BCUT2D eigenvalue weighted by molar-refractivity contribution is 5.69. The van der Waals surface area contributed by atoms with E-state index in [1.165, 1.54) is 0 Å². The van der Waals surface area contributed by atoms with Gasteiger partial charge < -0.3 is 23.8 Å². The molecule has 1 aliphatic rings. The van der Waals surface area contributed by atoms with E-state index in [9.17, 15) is 0 Å². The molecule has 0 saturated carbocycles. The van der Waals surface area contributed by atoms with E-state index in [1.54, 1.807) is 12.4 Å². The van der Waals surface area contributed by atoms with Crippen molar-refractivity contribution in [1.82, 2.24) is 15.0 Å². The molecule has 8 heteroatoms. The molecule has 8 nitrogen and oxygen atoms in total. The molecule has 0 N–H and O–H groups in total. The van der Waals surface area contributed by atoms with Crippen molar-refractivity contribution in [2.75, 3.05) is 70.8 Å². The summed E-state index contributed by atoms with van der Waals surface area (Å²) in [5, 5.41) is 0. The van der Waals surface area contributed by atoms with E-state index in [4.69, 9.17) is 23.9 Å².